The zero-order valence-electron chi connectivity index (χ0n) is 16.3. The van der Waals surface area contributed by atoms with E-state index in [0.717, 1.165) is 50.9 Å². The van der Waals surface area contributed by atoms with Gasteiger partial charge in [0, 0.05) is 45.5 Å². The molecule has 0 saturated carbocycles. The highest BCUT2D eigenvalue weighted by molar-refractivity contribution is 6.32. The number of guanidine groups is 1. The van der Waals surface area contributed by atoms with Crippen molar-refractivity contribution in [3.63, 3.8) is 0 Å². The van der Waals surface area contributed by atoms with Crippen molar-refractivity contribution < 1.29 is 4.74 Å². The van der Waals surface area contributed by atoms with Crippen molar-refractivity contribution >= 4 is 23.4 Å². The molecule has 2 heterocycles. The van der Waals surface area contributed by atoms with Crippen molar-refractivity contribution in [2.45, 2.75) is 45.8 Å². The van der Waals surface area contributed by atoms with E-state index in [9.17, 15) is 0 Å². The van der Waals surface area contributed by atoms with E-state index in [2.05, 4.69) is 39.4 Å². The van der Waals surface area contributed by atoms with E-state index in [1.807, 2.05) is 19.1 Å². The van der Waals surface area contributed by atoms with Crippen LogP contribution in [0.2, 0.25) is 5.02 Å². The fourth-order valence-electron chi connectivity index (χ4n) is 3.22. The SMILES string of the molecule is CCOC(CCNC(=NC)NC1CCN(c2ncccc2Cl)C1)C(C)C. The zero-order chi connectivity index (χ0) is 18.9. The monoisotopic (exact) mass is 381 g/mol. The molecule has 2 N–H and O–H groups in total. The van der Waals surface area contributed by atoms with Crippen molar-refractivity contribution in [3.05, 3.63) is 23.4 Å². The van der Waals surface area contributed by atoms with Gasteiger partial charge in [0.05, 0.1) is 11.1 Å². The fraction of sp³-hybridized carbons (Fsp3) is 0.684. The first-order valence-corrected chi connectivity index (χ1v) is 9.87. The number of hydrogen-bond donors (Lipinski definition) is 2. The lowest BCUT2D eigenvalue weighted by atomic mass is 10.0. The molecule has 0 bridgehead atoms. The number of hydrogen-bond acceptors (Lipinski definition) is 4. The Morgan fingerprint density at radius 3 is 2.96 bits per heavy atom. The molecule has 0 amide bonds. The fourth-order valence-corrected chi connectivity index (χ4v) is 3.47. The highest BCUT2D eigenvalue weighted by atomic mass is 35.5. The topological polar surface area (TPSA) is 61.8 Å². The molecule has 6 nitrogen and oxygen atoms in total. The average Bonchev–Trinajstić information content (AvgIpc) is 3.08. The molecule has 2 atom stereocenters. The average molecular weight is 382 g/mol. The summed E-state index contributed by atoms with van der Waals surface area (Å²) in [6.45, 7) is 9.83. The predicted molar refractivity (Wildman–Crippen MR) is 109 cm³/mol. The summed E-state index contributed by atoms with van der Waals surface area (Å²) in [7, 11) is 1.81. The molecule has 1 fully saturated rings. The standard InChI is InChI=1S/C19H32ClN5O/c1-5-26-17(14(2)3)8-11-23-19(21-4)24-15-9-12-25(13-15)18-16(20)7-6-10-22-18/h6-7,10,14-15,17H,5,8-9,11-13H2,1-4H3,(H2,21,23,24). The van der Waals surface area contributed by atoms with Crippen LogP contribution in [0.5, 0.6) is 0 Å². The Hall–Kier alpha value is -1.53. The quantitative estimate of drug-likeness (QED) is 0.535. The summed E-state index contributed by atoms with van der Waals surface area (Å²) in [6, 6.07) is 4.07. The van der Waals surface area contributed by atoms with Crippen LogP contribution < -0.4 is 15.5 Å². The third-order valence-corrected chi connectivity index (χ3v) is 4.93. The Kier molecular flexibility index (Phi) is 8.45. The van der Waals surface area contributed by atoms with Gasteiger partial charge in [-0.05, 0) is 37.8 Å². The van der Waals surface area contributed by atoms with E-state index >= 15 is 0 Å². The van der Waals surface area contributed by atoms with Gasteiger partial charge in [-0.3, -0.25) is 4.99 Å². The molecule has 0 spiro atoms. The number of anilines is 1. The molecule has 0 radical (unpaired) electrons. The number of ether oxygens (including phenoxy) is 1. The molecule has 1 aromatic rings. The minimum absolute atomic E-state index is 0.277. The van der Waals surface area contributed by atoms with Gasteiger partial charge in [-0.15, -0.1) is 0 Å². The number of aliphatic imine (C=N–C) groups is 1. The van der Waals surface area contributed by atoms with Crippen LogP contribution in [0.1, 0.15) is 33.6 Å². The summed E-state index contributed by atoms with van der Waals surface area (Å²) in [6.07, 6.45) is 4.05. The molecule has 0 aliphatic carbocycles. The highest BCUT2D eigenvalue weighted by Gasteiger charge is 2.25. The first-order chi connectivity index (χ1) is 12.5. The van der Waals surface area contributed by atoms with Crippen molar-refractivity contribution in [1.29, 1.82) is 0 Å². The molecule has 1 aliphatic rings. The maximum Gasteiger partial charge on any atom is 0.191 e. The molecule has 26 heavy (non-hydrogen) atoms. The van der Waals surface area contributed by atoms with Crippen LogP contribution in [0.25, 0.3) is 0 Å². The van der Waals surface area contributed by atoms with Gasteiger partial charge in [-0.1, -0.05) is 25.4 Å². The summed E-state index contributed by atoms with van der Waals surface area (Å²) < 4.78 is 5.80. The molecular weight excluding hydrogens is 350 g/mol. The van der Waals surface area contributed by atoms with Crippen LogP contribution in [-0.2, 0) is 4.74 Å². The van der Waals surface area contributed by atoms with Gasteiger partial charge < -0.3 is 20.3 Å². The summed E-state index contributed by atoms with van der Waals surface area (Å²) in [5, 5.41) is 7.61. The molecule has 146 valence electrons. The minimum atomic E-state index is 0.277. The smallest absolute Gasteiger partial charge is 0.191 e. The van der Waals surface area contributed by atoms with E-state index in [1.165, 1.54) is 0 Å². The Labute approximate surface area is 162 Å². The van der Waals surface area contributed by atoms with Crippen LogP contribution in [0.3, 0.4) is 0 Å². The Bertz CT molecular complexity index is 581. The predicted octanol–water partition coefficient (Wildman–Crippen LogP) is 2.93. The third kappa shape index (κ3) is 6.02. The molecule has 2 unspecified atom stereocenters. The van der Waals surface area contributed by atoms with Crippen molar-refractivity contribution in [2.24, 2.45) is 10.9 Å². The largest absolute Gasteiger partial charge is 0.378 e. The van der Waals surface area contributed by atoms with Crippen molar-refractivity contribution in [1.82, 2.24) is 15.6 Å². The first-order valence-electron chi connectivity index (χ1n) is 9.49. The second kappa shape index (κ2) is 10.6. The van der Waals surface area contributed by atoms with E-state index in [1.54, 1.807) is 13.2 Å². The number of pyridine rings is 1. The lowest BCUT2D eigenvalue weighted by Gasteiger charge is -2.23. The maximum atomic E-state index is 6.26. The van der Waals surface area contributed by atoms with E-state index in [0.29, 0.717) is 17.0 Å². The van der Waals surface area contributed by atoms with Gasteiger partial charge in [-0.2, -0.15) is 0 Å². The van der Waals surface area contributed by atoms with Gasteiger partial charge in [0.1, 0.15) is 5.82 Å². The van der Waals surface area contributed by atoms with Gasteiger partial charge in [0.15, 0.2) is 5.96 Å². The lowest BCUT2D eigenvalue weighted by molar-refractivity contribution is 0.0258. The minimum Gasteiger partial charge on any atom is -0.378 e. The Morgan fingerprint density at radius 2 is 2.31 bits per heavy atom. The molecule has 2 rings (SSSR count). The highest BCUT2D eigenvalue weighted by Crippen LogP contribution is 2.25. The molecular formula is C19H32ClN5O. The third-order valence-electron chi connectivity index (χ3n) is 4.64. The maximum absolute atomic E-state index is 6.26. The van der Waals surface area contributed by atoms with Crippen LogP contribution >= 0.6 is 11.6 Å². The van der Waals surface area contributed by atoms with Gasteiger partial charge in [0.25, 0.3) is 0 Å². The van der Waals surface area contributed by atoms with Crippen LogP contribution in [0.4, 0.5) is 5.82 Å². The second-order valence-corrected chi connectivity index (χ2v) is 7.32. The molecule has 7 heteroatoms. The number of nitrogens with one attached hydrogen (secondary N) is 2. The lowest BCUT2D eigenvalue weighted by Crippen LogP contribution is -2.45. The zero-order valence-corrected chi connectivity index (χ0v) is 17.1. The van der Waals surface area contributed by atoms with Crippen LogP contribution in [-0.4, -0.2) is 56.4 Å². The summed E-state index contributed by atoms with van der Waals surface area (Å²) in [4.78, 5) is 11.0. The molecule has 0 aromatic carbocycles. The van der Waals surface area contributed by atoms with E-state index < -0.39 is 0 Å². The van der Waals surface area contributed by atoms with Crippen molar-refractivity contribution in [3.8, 4) is 0 Å². The summed E-state index contributed by atoms with van der Waals surface area (Å²) >= 11 is 6.26. The first kappa shape index (κ1) is 20.8. The summed E-state index contributed by atoms with van der Waals surface area (Å²) in [5.41, 5.74) is 0. The number of aromatic nitrogens is 1. The Balaban J connectivity index is 1.79. The Morgan fingerprint density at radius 1 is 1.50 bits per heavy atom. The van der Waals surface area contributed by atoms with Crippen LogP contribution in [0, 0.1) is 5.92 Å². The summed E-state index contributed by atoms with van der Waals surface area (Å²) in [5.74, 6) is 2.21. The normalized spacial score (nSPS) is 19.1. The van der Waals surface area contributed by atoms with E-state index in [-0.39, 0.29) is 6.10 Å². The second-order valence-electron chi connectivity index (χ2n) is 6.91. The van der Waals surface area contributed by atoms with Crippen LogP contribution in [0.15, 0.2) is 23.3 Å². The number of rotatable bonds is 8. The molecule has 1 aliphatic heterocycles. The number of nitrogens with zero attached hydrogens (tertiary/aromatic N) is 3. The van der Waals surface area contributed by atoms with Gasteiger partial charge >= 0.3 is 0 Å². The van der Waals surface area contributed by atoms with E-state index in [4.69, 9.17) is 16.3 Å². The van der Waals surface area contributed by atoms with Crippen molar-refractivity contribution in [2.75, 3.05) is 38.2 Å². The number of halogens is 1. The van der Waals surface area contributed by atoms with Gasteiger partial charge in [-0.25, -0.2) is 4.98 Å². The molecule has 1 aromatic heterocycles. The molecule has 1 saturated heterocycles. The van der Waals surface area contributed by atoms with Gasteiger partial charge in [0.2, 0.25) is 0 Å².